The average molecular weight is 317 g/mol. The van der Waals surface area contributed by atoms with E-state index in [0.717, 1.165) is 11.3 Å². The van der Waals surface area contributed by atoms with Crippen LogP contribution in [0, 0.1) is 5.82 Å². The van der Waals surface area contributed by atoms with Gasteiger partial charge >= 0.3 is 6.03 Å². The fraction of sp³-hybridized carbons (Fsp3) is 0.267. The maximum Gasteiger partial charge on any atom is 0.318 e. The number of carbonyl (C=O) groups excluding carboxylic acids is 2. The summed E-state index contributed by atoms with van der Waals surface area (Å²) < 4.78 is 12.9. The summed E-state index contributed by atoms with van der Waals surface area (Å²) >= 11 is 0. The van der Waals surface area contributed by atoms with Crippen LogP contribution in [0.15, 0.2) is 24.3 Å². The highest BCUT2D eigenvalue weighted by Gasteiger charge is 2.28. The zero-order valence-corrected chi connectivity index (χ0v) is 12.5. The minimum absolute atomic E-state index is 0.159. The van der Waals surface area contributed by atoms with E-state index in [9.17, 15) is 14.0 Å². The van der Waals surface area contributed by atoms with Crippen molar-refractivity contribution in [1.82, 2.24) is 20.4 Å². The normalized spacial score (nSPS) is 12.9. The van der Waals surface area contributed by atoms with Crippen molar-refractivity contribution in [1.29, 1.82) is 0 Å². The first-order valence-corrected chi connectivity index (χ1v) is 7.24. The lowest BCUT2D eigenvalue weighted by molar-refractivity contribution is 0.102. The second kappa shape index (κ2) is 6.07. The number of halogens is 1. The SMILES string of the molecule is CCNC(=O)N1Cc2[nH]nc(NC(=O)c3ccc(F)cc3)c2C1. The predicted octanol–water partition coefficient (Wildman–Crippen LogP) is 1.85. The van der Waals surface area contributed by atoms with Gasteiger partial charge in [-0.1, -0.05) is 0 Å². The molecule has 0 unspecified atom stereocenters. The van der Waals surface area contributed by atoms with E-state index in [1.807, 2.05) is 6.92 Å². The molecular weight excluding hydrogens is 301 g/mol. The Hall–Kier alpha value is -2.90. The number of benzene rings is 1. The first-order valence-electron chi connectivity index (χ1n) is 7.24. The Kier molecular flexibility index (Phi) is 3.96. The quantitative estimate of drug-likeness (QED) is 0.807. The summed E-state index contributed by atoms with van der Waals surface area (Å²) in [6.07, 6.45) is 0. The molecule has 2 aromatic rings. The molecule has 23 heavy (non-hydrogen) atoms. The predicted molar refractivity (Wildman–Crippen MR) is 81.3 cm³/mol. The summed E-state index contributed by atoms with van der Waals surface area (Å²) in [4.78, 5) is 25.6. The Morgan fingerprint density at radius 3 is 2.74 bits per heavy atom. The molecule has 0 atom stereocenters. The molecule has 7 nitrogen and oxygen atoms in total. The zero-order chi connectivity index (χ0) is 16.4. The number of fused-ring (bicyclic) bond motifs is 1. The number of H-pyrrole nitrogens is 1. The highest BCUT2D eigenvalue weighted by atomic mass is 19.1. The van der Waals surface area contributed by atoms with Crippen LogP contribution in [0.3, 0.4) is 0 Å². The molecule has 3 rings (SSSR count). The smallest absolute Gasteiger partial charge is 0.318 e. The van der Waals surface area contributed by atoms with Crippen molar-refractivity contribution < 1.29 is 14.0 Å². The summed E-state index contributed by atoms with van der Waals surface area (Å²) in [5, 5.41) is 12.3. The fourth-order valence-corrected chi connectivity index (χ4v) is 2.43. The first kappa shape index (κ1) is 15.0. The number of anilines is 1. The average Bonchev–Trinajstić information content (AvgIpc) is 3.10. The Morgan fingerprint density at radius 1 is 1.30 bits per heavy atom. The molecule has 1 aliphatic heterocycles. The molecule has 1 aliphatic rings. The molecule has 1 aromatic heterocycles. The number of carbonyl (C=O) groups is 2. The summed E-state index contributed by atoms with van der Waals surface area (Å²) in [5.74, 6) is -0.392. The maximum absolute atomic E-state index is 12.9. The monoisotopic (exact) mass is 317 g/mol. The van der Waals surface area contributed by atoms with Crippen LogP contribution < -0.4 is 10.6 Å². The van der Waals surface area contributed by atoms with E-state index in [1.54, 1.807) is 4.90 Å². The number of urea groups is 1. The van der Waals surface area contributed by atoms with Crippen molar-refractivity contribution >= 4 is 17.8 Å². The van der Waals surface area contributed by atoms with Crippen LogP contribution in [-0.4, -0.2) is 33.6 Å². The molecule has 0 aliphatic carbocycles. The van der Waals surface area contributed by atoms with Crippen molar-refractivity contribution in [2.45, 2.75) is 20.0 Å². The van der Waals surface area contributed by atoms with Crippen LogP contribution in [0.1, 0.15) is 28.5 Å². The van der Waals surface area contributed by atoms with Crippen LogP contribution in [0.4, 0.5) is 15.0 Å². The third-order valence-electron chi connectivity index (χ3n) is 3.60. The van der Waals surface area contributed by atoms with E-state index in [1.165, 1.54) is 24.3 Å². The molecule has 3 amide bonds. The summed E-state index contributed by atoms with van der Waals surface area (Å²) in [5.41, 5.74) is 1.92. The number of aromatic nitrogens is 2. The number of rotatable bonds is 3. The lowest BCUT2D eigenvalue weighted by Gasteiger charge is -2.15. The molecule has 0 saturated heterocycles. The van der Waals surface area contributed by atoms with Gasteiger partial charge in [0, 0.05) is 17.7 Å². The van der Waals surface area contributed by atoms with Crippen LogP contribution in [0.2, 0.25) is 0 Å². The van der Waals surface area contributed by atoms with E-state index in [2.05, 4.69) is 20.8 Å². The molecule has 0 radical (unpaired) electrons. The van der Waals surface area contributed by atoms with Gasteiger partial charge in [-0.2, -0.15) is 5.10 Å². The van der Waals surface area contributed by atoms with Gasteiger partial charge in [0.05, 0.1) is 18.8 Å². The second-order valence-electron chi connectivity index (χ2n) is 5.18. The van der Waals surface area contributed by atoms with Crippen molar-refractivity contribution in [3.05, 3.63) is 46.9 Å². The summed E-state index contributed by atoms with van der Waals surface area (Å²) in [6.45, 7) is 3.19. The molecule has 0 fully saturated rings. The van der Waals surface area contributed by atoms with Gasteiger partial charge in [0.2, 0.25) is 0 Å². The van der Waals surface area contributed by atoms with Gasteiger partial charge in [-0.25, -0.2) is 9.18 Å². The highest BCUT2D eigenvalue weighted by Crippen LogP contribution is 2.27. The molecule has 8 heteroatoms. The van der Waals surface area contributed by atoms with E-state index in [-0.39, 0.29) is 11.9 Å². The largest absolute Gasteiger partial charge is 0.338 e. The van der Waals surface area contributed by atoms with Crippen LogP contribution in [0.5, 0.6) is 0 Å². The van der Waals surface area contributed by atoms with Gasteiger partial charge in [0.25, 0.3) is 5.91 Å². The van der Waals surface area contributed by atoms with Crippen LogP contribution >= 0.6 is 0 Å². The fourth-order valence-electron chi connectivity index (χ4n) is 2.43. The molecule has 2 heterocycles. The molecule has 1 aromatic carbocycles. The molecule has 3 N–H and O–H groups in total. The molecule has 120 valence electrons. The highest BCUT2D eigenvalue weighted by molar-refractivity contribution is 6.04. The van der Waals surface area contributed by atoms with Crippen molar-refractivity contribution in [2.24, 2.45) is 0 Å². The van der Waals surface area contributed by atoms with E-state index >= 15 is 0 Å². The Morgan fingerprint density at radius 2 is 2.04 bits per heavy atom. The molecular formula is C15H16FN5O2. The van der Waals surface area contributed by atoms with E-state index < -0.39 is 5.82 Å². The number of amides is 3. The number of hydrogen-bond acceptors (Lipinski definition) is 3. The number of hydrogen-bond donors (Lipinski definition) is 3. The summed E-state index contributed by atoms with van der Waals surface area (Å²) in [7, 11) is 0. The number of aromatic amines is 1. The lowest BCUT2D eigenvalue weighted by Crippen LogP contribution is -2.36. The first-order chi connectivity index (χ1) is 11.1. The van der Waals surface area contributed by atoms with Gasteiger partial charge in [0.15, 0.2) is 5.82 Å². The van der Waals surface area contributed by atoms with Crippen molar-refractivity contribution in [3.63, 3.8) is 0 Å². The summed E-state index contributed by atoms with van der Waals surface area (Å²) in [6, 6.07) is 5.09. The second-order valence-corrected chi connectivity index (χ2v) is 5.18. The Labute approximate surface area is 131 Å². The van der Waals surface area contributed by atoms with Gasteiger partial charge in [-0.3, -0.25) is 9.89 Å². The number of nitrogens with zero attached hydrogens (tertiary/aromatic N) is 2. The minimum Gasteiger partial charge on any atom is -0.338 e. The standard InChI is InChI=1S/C15H16FN5O2/c1-2-17-15(23)21-7-11-12(8-21)19-20-13(11)18-14(22)9-3-5-10(16)6-4-9/h3-6H,2,7-8H2,1H3,(H,17,23)(H2,18,19,20,22). The molecule has 0 saturated carbocycles. The number of nitrogens with one attached hydrogen (secondary N) is 3. The third-order valence-corrected chi connectivity index (χ3v) is 3.60. The van der Waals surface area contributed by atoms with E-state index in [0.29, 0.717) is 31.0 Å². The Bertz CT molecular complexity index is 741. The molecule has 0 bridgehead atoms. The lowest BCUT2D eigenvalue weighted by atomic mass is 10.2. The van der Waals surface area contributed by atoms with Gasteiger partial charge < -0.3 is 15.5 Å². The van der Waals surface area contributed by atoms with E-state index in [4.69, 9.17) is 0 Å². The third kappa shape index (κ3) is 3.01. The van der Waals surface area contributed by atoms with Crippen molar-refractivity contribution in [3.8, 4) is 0 Å². The maximum atomic E-state index is 12.9. The molecule has 0 spiro atoms. The van der Waals surface area contributed by atoms with Crippen LogP contribution in [0.25, 0.3) is 0 Å². The zero-order valence-electron chi connectivity index (χ0n) is 12.5. The van der Waals surface area contributed by atoms with Gasteiger partial charge in [-0.15, -0.1) is 0 Å². The minimum atomic E-state index is -0.403. The van der Waals surface area contributed by atoms with Crippen molar-refractivity contribution in [2.75, 3.05) is 11.9 Å². The van der Waals surface area contributed by atoms with Gasteiger partial charge in [-0.05, 0) is 31.2 Å². The topological polar surface area (TPSA) is 90.1 Å². The van der Waals surface area contributed by atoms with Gasteiger partial charge in [0.1, 0.15) is 5.82 Å². The van der Waals surface area contributed by atoms with Crippen LogP contribution in [-0.2, 0) is 13.1 Å². The Balaban J connectivity index is 1.71.